The summed E-state index contributed by atoms with van der Waals surface area (Å²) in [4.78, 5) is 6.55. The summed E-state index contributed by atoms with van der Waals surface area (Å²) in [6.45, 7) is 2.93. The zero-order chi connectivity index (χ0) is 12.1. The molecular formula is C13H24N4. The van der Waals surface area contributed by atoms with Crippen LogP contribution in [0.1, 0.15) is 25.7 Å². The van der Waals surface area contributed by atoms with Gasteiger partial charge in [-0.05, 0) is 32.4 Å². The SMILES string of the molecule is CN(CCn1ccnc1)C1CCCCC1CN. The van der Waals surface area contributed by atoms with E-state index in [0.717, 1.165) is 19.6 Å². The van der Waals surface area contributed by atoms with Gasteiger partial charge in [-0.15, -0.1) is 0 Å². The first-order valence-corrected chi connectivity index (χ1v) is 6.67. The number of likely N-dealkylation sites (N-methyl/N-ethyl adjacent to an activating group) is 1. The smallest absolute Gasteiger partial charge is 0.0946 e. The number of hydrogen-bond acceptors (Lipinski definition) is 3. The van der Waals surface area contributed by atoms with E-state index in [9.17, 15) is 0 Å². The van der Waals surface area contributed by atoms with Gasteiger partial charge in [0.1, 0.15) is 0 Å². The van der Waals surface area contributed by atoms with Crippen molar-refractivity contribution in [1.82, 2.24) is 14.5 Å². The van der Waals surface area contributed by atoms with Gasteiger partial charge in [-0.2, -0.15) is 0 Å². The first-order valence-electron chi connectivity index (χ1n) is 6.67. The molecule has 1 aliphatic carbocycles. The zero-order valence-corrected chi connectivity index (χ0v) is 10.8. The summed E-state index contributed by atoms with van der Waals surface area (Å²) in [5.41, 5.74) is 5.88. The number of imidazole rings is 1. The molecule has 1 fully saturated rings. The van der Waals surface area contributed by atoms with Gasteiger partial charge in [0.2, 0.25) is 0 Å². The normalized spacial score (nSPS) is 25.4. The van der Waals surface area contributed by atoms with E-state index in [1.807, 2.05) is 18.7 Å². The quantitative estimate of drug-likeness (QED) is 0.839. The molecule has 2 rings (SSSR count). The third kappa shape index (κ3) is 3.30. The molecule has 0 spiro atoms. The standard InChI is InChI=1S/C13H24N4/c1-16(8-9-17-7-6-15-11-17)13-5-3-2-4-12(13)10-14/h6-7,11-13H,2-5,8-10,14H2,1H3. The summed E-state index contributed by atoms with van der Waals surface area (Å²) >= 11 is 0. The third-order valence-corrected chi connectivity index (χ3v) is 4.01. The number of aromatic nitrogens is 2. The fraction of sp³-hybridized carbons (Fsp3) is 0.769. The van der Waals surface area contributed by atoms with E-state index in [1.165, 1.54) is 25.7 Å². The van der Waals surface area contributed by atoms with E-state index in [1.54, 1.807) is 0 Å². The molecule has 0 aliphatic heterocycles. The largest absolute Gasteiger partial charge is 0.336 e. The van der Waals surface area contributed by atoms with Crippen LogP contribution in [0.4, 0.5) is 0 Å². The Bertz CT molecular complexity index is 309. The maximum atomic E-state index is 5.88. The van der Waals surface area contributed by atoms with Gasteiger partial charge in [0, 0.05) is 31.5 Å². The monoisotopic (exact) mass is 236 g/mol. The van der Waals surface area contributed by atoms with Gasteiger partial charge in [-0.25, -0.2) is 4.98 Å². The minimum atomic E-state index is 0.678. The molecule has 1 aromatic heterocycles. The predicted octanol–water partition coefficient (Wildman–Crippen LogP) is 1.33. The fourth-order valence-corrected chi connectivity index (χ4v) is 2.90. The summed E-state index contributed by atoms with van der Waals surface area (Å²) in [7, 11) is 2.23. The maximum absolute atomic E-state index is 5.88. The summed E-state index contributed by atoms with van der Waals surface area (Å²) in [5, 5.41) is 0. The predicted molar refractivity (Wildman–Crippen MR) is 69.7 cm³/mol. The first kappa shape index (κ1) is 12.6. The third-order valence-electron chi connectivity index (χ3n) is 4.01. The molecule has 4 nitrogen and oxygen atoms in total. The highest BCUT2D eigenvalue weighted by atomic mass is 15.2. The summed E-state index contributed by atoms with van der Waals surface area (Å²) in [6, 6.07) is 0.678. The second-order valence-corrected chi connectivity index (χ2v) is 5.13. The molecule has 0 radical (unpaired) electrons. The van der Waals surface area contributed by atoms with E-state index in [4.69, 9.17) is 5.73 Å². The molecule has 0 saturated heterocycles. The van der Waals surface area contributed by atoms with Gasteiger partial charge >= 0.3 is 0 Å². The summed E-state index contributed by atoms with van der Waals surface area (Å²) in [5.74, 6) is 0.691. The van der Waals surface area contributed by atoms with Crippen LogP contribution >= 0.6 is 0 Å². The average molecular weight is 236 g/mol. The lowest BCUT2D eigenvalue weighted by Crippen LogP contribution is -2.44. The van der Waals surface area contributed by atoms with Crippen LogP contribution in [-0.4, -0.2) is 40.6 Å². The molecule has 0 amide bonds. The van der Waals surface area contributed by atoms with E-state index < -0.39 is 0 Å². The van der Waals surface area contributed by atoms with E-state index in [-0.39, 0.29) is 0 Å². The van der Waals surface area contributed by atoms with Crippen molar-refractivity contribution in [3.05, 3.63) is 18.7 Å². The Balaban J connectivity index is 1.83. The maximum Gasteiger partial charge on any atom is 0.0946 e. The number of nitrogens with two attached hydrogens (primary N) is 1. The van der Waals surface area contributed by atoms with Gasteiger partial charge in [-0.3, -0.25) is 0 Å². The highest BCUT2D eigenvalue weighted by Crippen LogP contribution is 2.26. The van der Waals surface area contributed by atoms with Gasteiger partial charge in [0.25, 0.3) is 0 Å². The number of hydrogen-bond donors (Lipinski definition) is 1. The van der Waals surface area contributed by atoms with Crippen LogP contribution in [0.15, 0.2) is 18.7 Å². The van der Waals surface area contributed by atoms with Crippen molar-refractivity contribution in [3.63, 3.8) is 0 Å². The van der Waals surface area contributed by atoms with Crippen molar-refractivity contribution >= 4 is 0 Å². The Morgan fingerprint density at radius 1 is 1.41 bits per heavy atom. The van der Waals surface area contributed by atoms with E-state index in [0.29, 0.717) is 12.0 Å². The van der Waals surface area contributed by atoms with Crippen LogP contribution in [-0.2, 0) is 6.54 Å². The molecular weight excluding hydrogens is 212 g/mol. The first-order chi connectivity index (χ1) is 8.31. The average Bonchev–Trinajstić information content (AvgIpc) is 2.89. The minimum absolute atomic E-state index is 0.678. The van der Waals surface area contributed by atoms with Crippen LogP contribution < -0.4 is 5.73 Å². The lowest BCUT2D eigenvalue weighted by Gasteiger charge is -2.37. The van der Waals surface area contributed by atoms with Gasteiger partial charge in [0.15, 0.2) is 0 Å². The Morgan fingerprint density at radius 3 is 2.94 bits per heavy atom. The molecule has 0 aromatic carbocycles. The Kier molecular flexibility index (Phi) is 4.57. The molecule has 0 bridgehead atoms. The van der Waals surface area contributed by atoms with Crippen LogP contribution in [0.3, 0.4) is 0 Å². The van der Waals surface area contributed by atoms with Gasteiger partial charge < -0.3 is 15.2 Å². The Hall–Kier alpha value is -0.870. The van der Waals surface area contributed by atoms with Crippen molar-refractivity contribution in [3.8, 4) is 0 Å². The van der Waals surface area contributed by atoms with Crippen LogP contribution in [0, 0.1) is 5.92 Å². The second kappa shape index (κ2) is 6.17. The van der Waals surface area contributed by atoms with Crippen molar-refractivity contribution in [2.75, 3.05) is 20.1 Å². The molecule has 1 saturated carbocycles. The van der Waals surface area contributed by atoms with Crippen molar-refractivity contribution in [2.45, 2.75) is 38.3 Å². The van der Waals surface area contributed by atoms with Crippen molar-refractivity contribution in [1.29, 1.82) is 0 Å². The van der Waals surface area contributed by atoms with Crippen LogP contribution in [0.2, 0.25) is 0 Å². The highest BCUT2D eigenvalue weighted by Gasteiger charge is 2.26. The van der Waals surface area contributed by atoms with Crippen molar-refractivity contribution in [2.24, 2.45) is 11.7 Å². The summed E-state index contributed by atoms with van der Waals surface area (Å²) < 4.78 is 2.14. The van der Waals surface area contributed by atoms with Gasteiger partial charge in [-0.1, -0.05) is 12.8 Å². The molecule has 1 aliphatic rings. The Labute approximate surface area is 104 Å². The molecule has 2 unspecified atom stereocenters. The minimum Gasteiger partial charge on any atom is -0.336 e. The highest BCUT2D eigenvalue weighted by molar-refractivity contribution is 4.83. The van der Waals surface area contributed by atoms with Crippen LogP contribution in [0.5, 0.6) is 0 Å². The Morgan fingerprint density at radius 2 is 2.24 bits per heavy atom. The molecule has 2 N–H and O–H groups in total. The molecule has 1 heterocycles. The summed E-state index contributed by atoms with van der Waals surface area (Å²) in [6.07, 6.45) is 11.1. The zero-order valence-electron chi connectivity index (χ0n) is 10.8. The second-order valence-electron chi connectivity index (χ2n) is 5.13. The topological polar surface area (TPSA) is 47.1 Å². The number of nitrogens with zero attached hydrogens (tertiary/aromatic N) is 3. The molecule has 4 heteroatoms. The van der Waals surface area contributed by atoms with E-state index in [2.05, 4.69) is 21.5 Å². The molecule has 17 heavy (non-hydrogen) atoms. The lowest BCUT2D eigenvalue weighted by molar-refractivity contribution is 0.130. The van der Waals surface area contributed by atoms with Crippen molar-refractivity contribution < 1.29 is 0 Å². The number of rotatable bonds is 5. The van der Waals surface area contributed by atoms with Gasteiger partial charge in [0.05, 0.1) is 6.33 Å². The molecule has 2 atom stereocenters. The lowest BCUT2D eigenvalue weighted by atomic mass is 9.84. The van der Waals surface area contributed by atoms with E-state index >= 15 is 0 Å². The molecule has 96 valence electrons. The van der Waals surface area contributed by atoms with Crippen LogP contribution in [0.25, 0.3) is 0 Å². The fourth-order valence-electron chi connectivity index (χ4n) is 2.90. The molecule has 1 aromatic rings.